The van der Waals surface area contributed by atoms with E-state index in [4.69, 9.17) is 4.74 Å². The predicted molar refractivity (Wildman–Crippen MR) is 42.8 cm³/mol. The number of amides is 1. The molecule has 0 aromatic rings. The average Bonchev–Trinajstić information content (AvgIpc) is 2.06. The van der Waals surface area contributed by atoms with Crippen molar-refractivity contribution in [2.45, 2.75) is 6.92 Å². The van der Waals surface area contributed by atoms with Crippen molar-refractivity contribution < 1.29 is 14.3 Å². The number of esters is 1. The lowest BCUT2D eigenvalue weighted by Crippen LogP contribution is -2.19. The summed E-state index contributed by atoms with van der Waals surface area (Å²) in [5.41, 5.74) is 0. The molecule has 4 heteroatoms. The van der Waals surface area contributed by atoms with Gasteiger partial charge in [-0.05, 0) is 6.92 Å². The molecular weight excluding hydrogens is 158 g/mol. The third-order valence-electron chi connectivity index (χ3n) is 1.37. The van der Waals surface area contributed by atoms with Gasteiger partial charge in [0, 0.05) is 12.3 Å². The number of hydrogen-bond donors (Lipinski definition) is 0. The Morgan fingerprint density at radius 3 is 3.00 bits per heavy atom. The normalized spacial score (nSPS) is 21.1. The van der Waals surface area contributed by atoms with Gasteiger partial charge in [-0.2, -0.15) is 0 Å². The smallest absolute Gasteiger partial charge is 0.318 e. The minimum Gasteiger partial charge on any atom is -0.465 e. The molecule has 1 amide bonds. The third kappa shape index (κ3) is 2.02. The molecule has 0 N–H and O–H groups in total. The number of hydrogen-bond acceptors (Lipinski definition) is 3. The molecule has 1 atom stereocenters. The highest BCUT2D eigenvalue weighted by Gasteiger charge is 2.17. The first-order chi connectivity index (χ1) is 5.74. The second-order valence-corrected chi connectivity index (χ2v) is 2.25. The molecule has 0 spiro atoms. The van der Waals surface area contributed by atoms with Gasteiger partial charge in [-0.15, -0.1) is 0 Å². The second kappa shape index (κ2) is 3.80. The van der Waals surface area contributed by atoms with Crippen LogP contribution >= 0.6 is 0 Å². The zero-order valence-electron chi connectivity index (χ0n) is 6.69. The Morgan fingerprint density at radius 1 is 1.75 bits per heavy atom. The van der Waals surface area contributed by atoms with Crippen molar-refractivity contribution >= 4 is 18.1 Å². The molecule has 0 aromatic carbocycles. The number of dihydropyridines is 1. The van der Waals surface area contributed by atoms with Crippen molar-refractivity contribution in [2.24, 2.45) is 10.9 Å². The van der Waals surface area contributed by atoms with Crippen LogP contribution in [-0.2, 0) is 14.3 Å². The number of rotatable bonds is 2. The van der Waals surface area contributed by atoms with E-state index in [9.17, 15) is 9.59 Å². The molecule has 4 nitrogen and oxygen atoms in total. The summed E-state index contributed by atoms with van der Waals surface area (Å²) in [6.45, 7) is 2.07. The largest absolute Gasteiger partial charge is 0.465 e. The summed E-state index contributed by atoms with van der Waals surface area (Å²) in [6, 6.07) is 0. The Bertz CT molecular complexity index is 239. The lowest BCUT2D eigenvalue weighted by molar-refractivity contribution is -0.144. The minimum atomic E-state index is -0.498. The number of carbonyl (C=O) groups is 2. The lowest BCUT2D eigenvalue weighted by atomic mass is 10.1. The Hall–Kier alpha value is -1.45. The highest BCUT2D eigenvalue weighted by molar-refractivity contribution is 6.03. The zero-order valence-corrected chi connectivity index (χ0v) is 6.69. The fraction of sp³-hybridized carbons (Fsp3) is 0.375. The molecule has 1 heterocycles. The molecule has 0 aromatic heterocycles. The topological polar surface area (TPSA) is 55.7 Å². The Kier molecular flexibility index (Phi) is 2.74. The molecule has 0 radical (unpaired) electrons. The van der Waals surface area contributed by atoms with Gasteiger partial charge in [-0.1, -0.05) is 6.08 Å². The van der Waals surface area contributed by atoms with E-state index in [0.29, 0.717) is 6.61 Å². The summed E-state index contributed by atoms with van der Waals surface area (Å²) >= 11 is 0. The monoisotopic (exact) mass is 167 g/mol. The van der Waals surface area contributed by atoms with Crippen LogP contribution in [0.1, 0.15) is 6.92 Å². The maximum atomic E-state index is 11.0. The van der Waals surface area contributed by atoms with Crippen molar-refractivity contribution in [1.29, 1.82) is 0 Å². The molecule has 0 aliphatic carbocycles. The van der Waals surface area contributed by atoms with Crippen molar-refractivity contribution in [2.75, 3.05) is 6.61 Å². The summed E-state index contributed by atoms with van der Waals surface area (Å²) in [5, 5.41) is 0. The number of ether oxygens (including phenoxy) is 1. The van der Waals surface area contributed by atoms with E-state index in [0.717, 1.165) is 0 Å². The zero-order chi connectivity index (χ0) is 8.97. The fourth-order valence-corrected chi connectivity index (χ4v) is 0.810. The molecule has 1 unspecified atom stereocenters. The highest BCUT2D eigenvalue weighted by atomic mass is 16.5. The fourth-order valence-electron chi connectivity index (χ4n) is 0.810. The predicted octanol–water partition coefficient (Wildman–Crippen LogP) is 0.333. The van der Waals surface area contributed by atoms with Crippen molar-refractivity contribution in [1.82, 2.24) is 0 Å². The number of nitrogens with zero attached hydrogens (tertiary/aromatic N) is 1. The van der Waals surface area contributed by atoms with Gasteiger partial charge in [0.15, 0.2) is 0 Å². The molecule has 1 aliphatic heterocycles. The number of aliphatic imine (C=N–C) groups is 1. The van der Waals surface area contributed by atoms with Crippen molar-refractivity contribution in [3.8, 4) is 0 Å². The summed E-state index contributed by atoms with van der Waals surface area (Å²) in [6.07, 6.45) is 4.04. The molecule has 1 rings (SSSR count). The van der Waals surface area contributed by atoms with E-state index < -0.39 is 5.92 Å². The first-order valence-electron chi connectivity index (χ1n) is 3.67. The summed E-state index contributed by atoms with van der Waals surface area (Å²) in [5.74, 6) is -1.21. The molecule has 0 bridgehead atoms. The van der Waals surface area contributed by atoms with E-state index in [-0.39, 0.29) is 11.9 Å². The molecule has 0 fully saturated rings. The van der Waals surface area contributed by atoms with E-state index in [1.807, 2.05) is 0 Å². The first-order valence-corrected chi connectivity index (χ1v) is 3.67. The van der Waals surface area contributed by atoms with Crippen LogP contribution in [0.5, 0.6) is 0 Å². The van der Waals surface area contributed by atoms with Gasteiger partial charge in [0.2, 0.25) is 0 Å². The highest BCUT2D eigenvalue weighted by Crippen LogP contribution is 2.04. The lowest BCUT2D eigenvalue weighted by Gasteiger charge is -2.07. The Morgan fingerprint density at radius 2 is 2.50 bits per heavy atom. The third-order valence-corrected chi connectivity index (χ3v) is 1.37. The van der Waals surface area contributed by atoms with E-state index in [2.05, 4.69) is 4.99 Å². The quantitative estimate of drug-likeness (QED) is 0.557. The van der Waals surface area contributed by atoms with Crippen molar-refractivity contribution in [3.63, 3.8) is 0 Å². The van der Waals surface area contributed by atoms with Crippen molar-refractivity contribution in [3.05, 3.63) is 12.2 Å². The van der Waals surface area contributed by atoms with Gasteiger partial charge in [-0.3, -0.25) is 9.59 Å². The number of carbonyl (C=O) groups excluding carboxylic acids is 2. The Balaban J connectivity index is 2.55. The van der Waals surface area contributed by atoms with Crippen LogP contribution in [0.15, 0.2) is 17.1 Å². The first kappa shape index (κ1) is 8.64. The Labute approximate surface area is 69.9 Å². The van der Waals surface area contributed by atoms with Gasteiger partial charge < -0.3 is 4.74 Å². The van der Waals surface area contributed by atoms with Crippen LogP contribution in [0.4, 0.5) is 0 Å². The SMILES string of the molecule is CCOC(=O)C1C=CC(=O)N=C1. The van der Waals surface area contributed by atoms with Gasteiger partial charge in [0.25, 0.3) is 5.91 Å². The molecule has 0 saturated heterocycles. The maximum Gasteiger partial charge on any atom is 0.318 e. The molecular formula is C8H9NO3. The van der Waals surface area contributed by atoms with Crippen LogP contribution in [0.2, 0.25) is 0 Å². The minimum absolute atomic E-state index is 0.337. The van der Waals surface area contributed by atoms with Crippen LogP contribution in [-0.4, -0.2) is 24.7 Å². The van der Waals surface area contributed by atoms with Gasteiger partial charge in [0.1, 0.15) is 5.92 Å². The van der Waals surface area contributed by atoms with Crippen LogP contribution in [0, 0.1) is 5.92 Å². The second-order valence-electron chi connectivity index (χ2n) is 2.25. The van der Waals surface area contributed by atoms with Gasteiger partial charge in [-0.25, -0.2) is 4.99 Å². The molecule has 12 heavy (non-hydrogen) atoms. The summed E-state index contributed by atoms with van der Waals surface area (Å²) < 4.78 is 4.72. The van der Waals surface area contributed by atoms with E-state index in [1.165, 1.54) is 18.4 Å². The summed E-state index contributed by atoms with van der Waals surface area (Å²) in [7, 11) is 0. The molecule has 64 valence electrons. The summed E-state index contributed by atoms with van der Waals surface area (Å²) in [4.78, 5) is 25.0. The van der Waals surface area contributed by atoms with Crippen LogP contribution < -0.4 is 0 Å². The van der Waals surface area contributed by atoms with E-state index in [1.54, 1.807) is 6.92 Å². The standard InChI is InChI=1S/C8H9NO3/c1-2-12-8(11)6-3-4-7(10)9-5-6/h3-6H,2H2,1H3. The average molecular weight is 167 g/mol. The molecule has 1 aliphatic rings. The van der Waals surface area contributed by atoms with Gasteiger partial charge >= 0.3 is 5.97 Å². The molecule has 0 saturated carbocycles. The van der Waals surface area contributed by atoms with Crippen LogP contribution in [0.3, 0.4) is 0 Å². The van der Waals surface area contributed by atoms with Gasteiger partial charge in [0.05, 0.1) is 6.61 Å². The van der Waals surface area contributed by atoms with Crippen LogP contribution in [0.25, 0.3) is 0 Å². The maximum absolute atomic E-state index is 11.0. The van der Waals surface area contributed by atoms with E-state index >= 15 is 0 Å².